The lowest BCUT2D eigenvalue weighted by atomic mass is 10.0. The molecule has 2 rings (SSSR count). The van der Waals surface area contributed by atoms with Crippen LogP contribution in [-0.4, -0.2) is 12.5 Å². The molecule has 0 unspecified atom stereocenters. The lowest BCUT2D eigenvalue weighted by molar-refractivity contribution is 0.0943. The molecule has 0 bridgehead atoms. The average Bonchev–Trinajstić information content (AvgIpc) is 3.17. The maximum atomic E-state index is 12.0. The fourth-order valence-corrected chi connectivity index (χ4v) is 2.71. The van der Waals surface area contributed by atoms with Gasteiger partial charge in [0.1, 0.15) is 0 Å². The molecule has 1 aromatic carbocycles. The smallest absolute Gasteiger partial charge is 0.251 e. The van der Waals surface area contributed by atoms with Crippen molar-refractivity contribution < 1.29 is 4.79 Å². The van der Waals surface area contributed by atoms with Gasteiger partial charge >= 0.3 is 0 Å². The van der Waals surface area contributed by atoms with Gasteiger partial charge in [-0.2, -0.15) is 0 Å². The number of hydrogen-bond acceptors (Lipinski definition) is 1. The molecular formula is C15H20BrNO. The molecular weight excluding hydrogens is 290 g/mol. The molecule has 98 valence electrons. The molecule has 1 fully saturated rings. The summed E-state index contributed by atoms with van der Waals surface area (Å²) in [5.41, 5.74) is 2.36. The average molecular weight is 310 g/mol. The largest absolute Gasteiger partial charge is 0.351 e. The van der Waals surface area contributed by atoms with Crippen molar-refractivity contribution >= 4 is 21.8 Å². The Labute approximate surface area is 117 Å². The Morgan fingerprint density at radius 1 is 1.33 bits per heavy atom. The lowest BCUT2D eigenvalue weighted by Crippen LogP contribution is -2.30. The molecule has 0 spiro atoms. The van der Waals surface area contributed by atoms with Crippen molar-refractivity contribution in [3.8, 4) is 0 Å². The molecule has 18 heavy (non-hydrogen) atoms. The molecule has 1 aliphatic carbocycles. The second-order valence-electron chi connectivity index (χ2n) is 5.26. The number of amides is 1. The highest BCUT2D eigenvalue weighted by Gasteiger charge is 2.41. The van der Waals surface area contributed by atoms with Crippen LogP contribution in [0.15, 0.2) is 24.3 Å². The van der Waals surface area contributed by atoms with E-state index in [0.29, 0.717) is 5.41 Å². The Morgan fingerprint density at radius 3 is 2.50 bits per heavy atom. The summed E-state index contributed by atoms with van der Waals surface area (Å²) in [5.74, 6) is 0.0542. The van der Waals surface area contributed by atoms with Crippen molar-refractivity contribution in [3.63, 3.8) is 0 Å². The van der Waals surface area contributed by atoms with Crippen molar-refractivity contribution in [1.29, 1.82) is 0 Å². The zero-order chi connectivity index (χ0) is 13.0. The fraction of sp³-hybridized carbons (Fsp3) is 0.533. The van der Waals surface area contributed by atoms with Gasteiger partial charge in [0, 0.05) is 17.4 Å². The van der Waals surface area contributed by atoms with Crippen molar-refractivity contribution in [3.05, 3.63) is 35.4 Å². The van der Waals surface area contributed by atoms with Gasteiger partial charge in [0.15, 0.2) is 0 Å². The summed E-state index contributed by atoms with van der Waals surface area (Å²) in [6.07, 6.45) is 4.97. The molecule has 0 atom stereocenters. The monoisotopic (exact) mass is 309 g/mol. The third kappa shape index (κ3) is 3.35. The van der Waals surface area contributed by atoms with Crippen LogP contribution in [0.25, 0.3) is 0 Å². The number of rotatable bonds is 6. The lowest BCUT2D eigenvalue weighted by Gasteiger charge is -2.14. The predicted molar refractivity (Wildman–Crippen MR) is 78.0 cm³/mol. The summed E-state index contributed by atoms with van der Waals surface area (Å²) >= 11 is 3.40. The normalized spacial score (nSPS) is 16.3. The van der Waals surface area contributed by atoms with E-state index in [1.165, 1.54) is 31.2 Å². The van der Waals surface area contributed by atoms with Crippen LogP contribution in [0, 0.1) is 5.41 Å². The first-order chi connectivity index (χ1) is 8.69. The van der Waals surface area contributed by atoms with Crippen LogP contribution in [0.2, 0.25) is 0 Å². The Morgan fingerprint density at radius 2 is 2.00 bits per heavy atom. The minimum atomic E-state index is 0.0542. The zero-order valence-corrected chi connectivity index (χ0v) is 12.4. The number of hydrogen-bond donors (Lipinski definition) is 1. The maximum absolute atomic E-state index is 12.0. The third-order valence-electron chi connectivity index (χ3n) is 3.73. The number of halogens is 1. The van der Waals surface area contributed by atoms with Crippen LogP contribution in [0.3, 0.4) is 0 Å². The zero-order valence-electron chi connectivity index (χ0n) is 10.8. The van der Waals surface area contributed by atoms with E-state index < -0.39 is 0 Å². The summed E-state index contributed by atoms with van der Waals surface area (Å²) < 4.78 is 0. The number of benzene rings is 1. The Kier molecular flexibility index (Phi) is 4.44. The minimum Gasteiger partial charge on any atom is -0.351 e. The number of carbonyl (C=O) groups is 1. The molecule has 0 radical (unpaired) electrons. The van der Waals surface area contributed by atoms with Gasteiger partial charge < -0.3 is 5.32 Å². The quantitative estimate of drug-likeness (QED) is 0.794. The number of carbonyl (C=O) groups excluding carboxylic acids is 1. The van der Waals surface area contributed by atoms with Crippen molar-refractivity contribution in [2.75, 3.05) is 6.54 Å². The van der Waals surface area contributed by atoms with Gasteiger partial charge in [-0.25, -0.2) is 0 Å². The number of alkyl halides is 1. The Bertz CT molecular complexity index is 409. The fourth-order valence-electron chi connectivity index (χ4n) is 2.34. The van der Waals surface area contributed by atoms with E-state index >= 15 is 0 Å². The van der Waals surface area contributed by atoms with Crippen LogP contribution in [0.5, 0.6) is 0 Å². The summed E-state index contributed by atoms with van der Waals surface area (Å²) in [6.45, 7) is 3.04. The van der Waals surface area contributed by atoms with Crippen molar-refractivity contribution in [2.24, 2.45) is 5.41 Å². The van der Waals surface area contributed by atoms with Crippen molar-refractivity contribution in [1.82, 2.24) is 5.32 Å². The van der Waals surface area contributed by atoms with Gasteiger partial charge in [-0.3, -0.25) is 4.79 Å². The van der Waals surface area contributed by atoms with E-state index in [1.807, 2.05) is 24.3 Å². The van der Waals surface area contributed by atoms with Crippen LogP contribution >= 0.6 is 15.9 Å². The molecule has 1 amide bonds. The van der Waals surface area contributed by atoms with Crippen LogP contribution < -0.4 is 5.32 Å². The van der Waals surface area contributed by atoms with Gasteiger partial charge in [-0.15, -0.1) is 0 Å². The van der Waals surface area contributed by atoms with Gasteiger partial charge in [-0.1, -0.05) is 41.4 Å². The molecule has 1 saturated carbocycles. The molecule has 0 saturated heterocycles. The van der Waals surface area contributed by atoms with Gasteiger partial charge in [0.2, 0.25) is 0 Å². The Hall–Kier alpha value is -0.830. The van der Waals surface area contributed by atoms with E-state index in [2.05, 4.69) is 28.2 Å². The van der Waals surface area contributed by atoms with E-state index in [9.17, 15) is 4.79 Å². The summed E-state index contributed by atoms with van der Waals surface area (Å²) in [4.78, 5) is 12.0. The van der Waals surface area contributed by atoms with Gasteiger partial charge in [0.25, 0.3) is 5.91 Å². The van der Waals surface area contributed by atoms with Crippen molar-refractivity contribution in [2.45, 2.75) is 37.9 Å². The highest BCUT2D eigenvalue weighted by Crippen LogP contribution is 2.48. The maximum Gasteiger partial charge on any atom is 0.251 e. The topological polar surface area (TPSA) is 29.1 Å². The van der Waals surface area contributed by atoms with E-state index in [1.54, 1.807) is 0 Å². The molecule has 2 nitrogen and oxygen atoms in total. The number of nitrogens with one attached hydrogen (secondary N) is 1. The second-order valence-corrected chi connectivity index (χ2v) is 5.82. The highest BCUT2D eigenvalue weighted by molar-refractivity contribution is 9.08. The second kappa shape index (κ2) is 5.87. The first kappa shape index (κ1) is 13.6. The third-order valence-corrected chi connectivity index (χ3v) is 4.38. The van der Waals surface area contributed by atoms with E-state index in [-0.39, 0.29) is 5.91 Å². The molecule has 0 aromatic heterocycles. The van der Waals surface area contributed by atoms with Crippen LogP contribution in [-0.2, 0) is 5.33 Å². The first-order valence-electron chi connectivity index (χ1n) is 6.62. The molecule has 1 aliphatic rings. The van der Waals surface area contributed by atoms with E-state index in [4.69, 9.17) is 0 Å². The molecule has 1 N–H and O–H groups in total. The first-order valence-corrected chi connectivity index (χ1v) is 7.74. The van der Waals surface area contributed by atoms with Crippen LogP contribution in [0.4, 0.5) is 0 Å². The van der Waals surface area contributed by atoms with Gasteiger partial charge in [-0.05, 0) is 42.4 Å². The SMILES string of the molecule is CCCC1(CNC(=O)c2ccc(CBr)cc2)CC1. The standard InChI is InChI=1S/C15H20BrNO/c1-2-7-15(8-9-15)11-17-14(18)13-5-3-12(10-16)4-6-13/h3-6H,2,7-11H2,1H3,(H,17,18). The van der Waals surface area contributed by atoms with Crippen LogP contribution in [0.1, 0.15) is 48.5 Å². The molecule has 3 heteroatoms. The highest BCUT2D eigenvalue weighted by atomic mass is 79.9. The summed E-state index contributed by atoms with van der Waals surface area (Å²) in [7, 11) is 0. The molecule has 1 aromatic rings. The Balaban J connectivity index is 1.87. The molecule has 0 heterocycles. The van der Waals surface area contributed by atoms with Gasteiger partial charge in [0.05, 0.1) is 0 Å². The minimum absolute atomic E-state index is 0.0542. The summed E-state index contributed by atoms with van der Waals surface area (Å²) in [6, 6.07) is 7.77. The molecule has 0 aliphatic heterocycles. The van der Waals surface area contributed by atoms with E-state index in [0.717, 1.165) is 17.4 Å². The predicted octanol–water partition coefficient (Wildman–Crippen LogP) is 3.89. The summed E-state index contributed by atoms with van der Waals surface area (Å²) in [5, 5.41) is 3.90.